The Morgan fingerprint density at radius 3 is 2.74 bits per heavy atom. The Hall–Kier alpha value is -2.27. The molecule has 0 aliphatic rings. The predicted octanol–water partition coefficient (Wildman–Crippen LogP) is 2.29. The summed E-state index contributed by atoms with van der Waals surface area (Å²) in [6.45, 7) is 0. The number of benzene rings is 1. The van der Waals surface area contributed by atoms with E-state index in [1.54, 1.807) is 18.2 Å². The Bertz CT molecular complexity index is 667. The van der Waals surface area contributed by atoms with Gasteiger partial charge in [0.1, 0.15) is 11.4 Å². The molecule has 0 saturated heterocycles. The Morgan fingerprint density at radius 2 is 2.11 bits per heavy atom. The maximum Gasteiger partial charge on any atom is 0.272 e. The molecular weight excluding hydrogens is 268 g/mol. The number of anilines is 1. The molecule has 0 bridgehead atoms. The average Bonchev–Trinajstić information content (AvgIpc) is 2.39. The van der Waals surface area contributed by atoms with E-state index >= 15 is 0 Å². The summed E-state index contributed by atoms with van der Waals surface area (Å²) in [5.74, 6) is 0.103. The van der Waals surface area contributed by atoms with Crippen LogP contribution in [0, 0.1) is 0 Å². The van der Waals surface area contributed by atoms with Crippen molar-refractivity contribution >= 4 is 23.2 Å². The summed E-state index contributed by atoms with van der Waals surface area (Å²) >= 11 is 5.95. The highest BCUT2D eigenvalue weighted by Gasteiger charge is 2.08. The average molecular weight is 279 g/mol. The molecule has 0 saturated carbocycles. The highest BCUT2D eigenvalue weighted by Crippen LogP contribution is 2.27. The van der Waals surface area contributed by atoms with Crippen molar-refractivity contribution in [1.29, 1.82) is 0 Å². The topological polar surface area (TPSA) is 71.2 Å². The Kier molecular flexibility index (Phi) is 3.87. The van der Waals surface area contributed by atoms with Crippen LogP contribution >= 0.6 is 11.6 Å². The number of pyridine rings is 1. The van der Waals surface area contributed by atoms with Crippen molar-refractivity contribution in [3.8, 4) is 5.75 Å². The first-order valence-electron chi connectivity index (χ1n) is 5.44. The number of hydrogen-bond donors (Lipinski definition) is 2. The maximum atomic E-state index is 11.9. The van der Waals surface area contributed by atoms with Crippen LogP contribution in [0.15, 0.2) is 41.2 Å². The molecule has 19 heavy (non-hydrogen) atoms. The zero-order chi connectivity index (χ0) is 13.8. The lowest BCUT2D eigenvalue weighted by molar-refractivity contribution is 0.102. The highest BCUT2D eigenvalue weighted by molar-refractivity contribution is 6.32. The summed E-state index contributed by atoms with van der Waals surface area (Å²) in [7, 11) is 1.51. The van der Waals surface area contributed by atoms with Crippen LogP contribution in [0.1, 0.15) is 10.5 Å². The van der Waals surface area contributed by atoms with Crippen LogP contribution in [0.2, 0.25) is 5.02 Å². The predicted molar refractivity (Wildman–Crippen MR) is 73.0 cm³/mol. The van der Waals surface area contributed by atoms with Crippen LogP contribution in [-0.4, -0.2) is 18.0 Å². The van der Waals surface area contributed by atoms with Gasteiger partial charge >= 0.3 is 0 Å². The first-order chi connectivity index (χ1) is 9.10. The number of H-pyrrole nitrogens is 1. The number of rotatable bonds is 3. The number of hydrogen-bond acceptors (Lipinski definition) is 3. The van der Waals surface area contributed by atoms with Gasteiger partial charge in [0.2, 0.25) is 5.56 Å². The summed E-state index contributed by atoms with van der Waals surface area (Å²) < 4.78 is 5.01. The highest BCUT2D eigenvalue weighted by atomic mass is 35.5. The molecule has 0 atom stereocenters. The zero-order valence-corrected chi connectivity index (χ0v) is 10.8. The molecule has 5 nitrogen and oxygen atoms in total. The van der Waals surface area contributed by atoms with Gasteiger partial charge in [-0.1, -0.05) is 17.7 Å². The second-order valence-electron chi connectivity index (χ2n) is 3.73. The van der Waals surface area contributed by atoms with Crippen molar-refractivity contribution in [2.75, 3.05) is 12.4 Å². The second kappa shape index (κ2) is 5.58. The van der Waals surface area contributed by atoms with E-state index in [2.05, 4.69) is 10.3 Å². The lowest BCUT2D eigenvalue weighted by Gasteiger charge is -2.07. The van der Waals surface area contributed by atoms with Crippen molar-refractivity contribution in [2.45, 2.75) is 0 Å². The number of aromatic amines is 1. The monoisotopic (exact) mass is 278 g/mol. The summed E-state index contributed by atoms with van der Waals surface area (Å²) in [6.07, 6.45) is 0. The normalized spacial score (nSPS) is 10.0. The van der Waals surface area contributed by atoms with Crippen LogP contribution in [0.3, 0.4) is 0 Å². The number of methoxy groups -OCH3 is 1. The molecule has 2 aromatic rings. The largest absolute Gasteiger partial charge is 0.495 e. The van der Waals surface area contributed by atoms with Crippen LogP contribution in [0.25, 0.3) is 0 Å². The van der Waals surface area contributed by atoms with Gasteiger partial charge in [0.25, 0.3) is 5.91 Å². The van der Waals surface area contributed by atoms with E-state index in [9.17, 15) is 9.59 Å². The fraction of sp³-hybridized carbons (Fsp3) is 0.0769. The minimum Gasteiger partial charge on any atom is -0.495 e. The standard InChI is InChI=1S/C13H11ClN2O3/c1-19-11-6-5-8(7-9(11)14)15-13(18)10-3-2-4-12(17)16-10/h2-7H,1H3,(H,15,18)(H,16,17). The molecule has 0 aliphatic heterocycles. The number of carbonyl (C=O) groups excluding carboxylic acids is 1. The molecule has 2 rings (SSSR count). The Morgan fingerprint density at radius 1 is 1.32 bits per heavy atom. The van der Waals surface area contributed by atoms with Crippen molar-refractivity contribution in [1.82, 2.24) is 4.98 Å². The van der Waals surface area contributed by atoms with Crippen LogP contribution in [0.4, 0.5) is 5.69 Å². The maximum absolute atomic E-state index is 11.9. The van der Waals surface area contributed by atoms with Gasteiger partial charge in [-0.05, 0) is 24.3 Å². The van der Waals surface area contributed by atoms with Crippen LogP contribution < -0.4 is 15.6 Å². The summed E-state index contributed by atoms with van der Waals surface area (Å²) in [5.41, 5.74) is 0.361. The smallest absolute Gasteiger partial charge is 0.272 e. The molecule has 0 aliphatic carbocycles. The first kappa shape index (κ1) is 13.2. The van der Waals surface area contributed by atoms with Gasteiger partial charge < -0.3 is 15.0 Å². The molecular formula is C13H11ClN2O3. The molecule has 1 amide bonds. The van der Waals surface area contributed by atoms with E-state index in [1.165, 1.54) is 25.3 Å². The number of halogens is 1. The Labute approximate surface area is 114 Å². The minimum absolute atomic E-state index is 0.180. The van der Waals surface area contributed by atoms with Gasteiger partial charge in [-0.2, -0.15) is 0 Å². The Balaban J connectivity index is 2.19. The number of amides is 1. The van der Waals surface area contributed by atoms with Crippen LogP contribution in [0.5, 0.6) is 5.75 Å². The fourth-order valence-corrected chi connectivity index (χ4v) is 1.78. The third kappa shape index (κ3) is 3.14. The third-order valence-electron chi connectivity index (χ3n) is 2.42. The van der Waals surface area contributed by atoms with E-state index in [0.717, 1.165) is 0 Å². The first-order valence-corrected chi connectivity index (χ1v) is 5.82. The lowest BCUT2D eigenvalue weighted by atomic mass is 10.2. The number of aromatic nitrogens is 1. The minimum atomic E-state index is -0.418. The number of nitrogens with one attached hydrogen (secondary N) is 2. The fourth-order valence-electron chi connectivity index (χ4n) is 1.52. The van der Waals surface area contributed by atoms with Gasteiger partial charge in [-0.3, -0.25) is 9.59 Å². The third-order valence-corrected chi connectivity index (χ3v) is 2.72. The van der Waals surface area contributed by atoms with Crippen molar-refractivity contribution in [3.63, 3.8) is 0 Å². The number of carbonyl (C=O) groups is 1. The summed E-state index contributed by atoms with van der Waals surface area (Å²) in [5, 5.41) is 3.02. The van der Waals surface area contributed by atoms with Gasteiger partial charge in [-0.15, -0.1) is 0 Å². The zero-order valence-electron chi connectivity index (χ0n) is 10.1. The summed E-state index contributed by atoms with van der Waals surface area (Å²) in [4.78, 5) is 25.4. The molecule has 1 heterocycles. The molecule has 0 radical (unpaired) electrons. The molecule has 2 N–H and O–H groups in total. The molecule has 1 aromatic heterocycles. The second-order valence-corrected chi connectivity index (χ2v) is 4.14. The van der Waals surface area contributed by atoms with E-state index in [0.29, 0.717) is 16.5 Å². The van der Waals surface area contributed by atoms with E-state index in [1.807, 2.05) is 0 Å². The van der Waals surface area contributed by atoms with Gasteiger partial charge in [0.15, 0.2) is 0 Å². The van der Waals surface area contributed by atoms with Crippen molar-refractivity contribution in [3.05, 3.63) is 57.5 Å². The molecule has 98 valence electrons. The van der Waals surface area contributed by atoms with E-state index in [-0.39, 0.29) is 11.3 Å². The number of ether oxygens (including phenoxy) is 1. The van der Waals surface area contributed by atoms with Gasteiger partial charge in [-0.25, -0.2) is 0 Å². The molecule has 6 heteroatoms. The van der Waals surface area contributed by atoms with E-state index in [4.69, 9.17) is 16.3 Å². The summed E-state index contributed by atoms with van der Waals surface area (Å²) in [6, 6.07) is 9.23. The van der Waals surface area contributed by atoms with E-state index < -0.39 is 5.91 Å². The molecule has 0 unspecified atom stereocenters. The SMILES string of the molecule is COc1ccc(NC(=O)c2cccc(=O)[nH]2)cc1Cl. The van der Waals surface area contributed by atoms with Gasteiger partial charge in [0, 0.05) is 11.8 Å². The quantitative estimate of drug-likeness (QED) is 0.905. The lowest BCUT2D eigenvalue weighted by Crippen LogP contribution is -2.17. The van der Waals surface area contributed by atoms with Crippen molar-refractivity contribution < 1.29 is 9.53 Å². The molecule has 0 spiro atoms. The van der Waals surface area contributed by atoms with Crippen molar-refractivity contribution in [2.24, 2.45) is 0 Å². The molecule has 1 aromatic carbocycles. The molecule has 0 fully saturated rings. The van der Waals surface area contributed by atoms with Crippen LogP contribution in [-0.2, 0) is 0 Å². The van der Waals surface area contributed by atoms with Gasteiger partial charge in [0.05, 0.1) is 12.1 Å².